The van der Waals surface area contributed by atoms with Crippen molar-refractivity contribution in [3.05, 3.63) is 38.9 Å². The maximum absolute atomic E-state index is 12.3. The monoisotopic (exact) mass is 282 g/mol. The summed E-state index contributed by atoms with van der Waals surface area (Å²) in [7, 11) is 1.67. The first-order valence-corrected chi connectivity index (χ1v) is 6.57. The third-order valence-corrected chi connectivity index (χ3v) is 3.81. The molecule has 1 aliphatic carbocycles. The summed E-state index contributed by atoms with van der Waals surface area (Å²) in [6, 6.07) is 4.42. The molecular formula is C13H15ClN2O3. The van der Waals surface area contributed by atoms with E-state index < -0.39 is 4.92 Å². The fraction of sp³-hybridized carbons (Fsp3) is 0.462. The highest BCUT2D eigenvalue weighted by molar-refractivity contribution is 6.33. The second-order valence-electron chi connectivity index (χ2n) is 4.88. The SMILES string of the molecule is CN(CC1CCC1)C(=O)c1cccc(Cl)c1[N+](=O)[O-]. The van der Waals surface area contributed by atoms with Crippen LogP contribution in [0, 0.1) is 16.0 Å². The summed E-state index contributed by atoms with van der Waals surface area (Å²) in [5, 5.41) is 11.0. The van der Waals surface area contributed by atoms with Crippen LogP contribution >= 0.6 is 11.6 Å². The molecule has 0 spiro atoms. The van der Waals surface area contributed by atoms with Crippen LogP contribution in [0.1, 0.15) is 29.6 Å². The summed E-state index contributed by atoms with van der Waals surface area (Å²) in [5.74, 6) is 0.174. The van der Waals surface area contributed by atoms with Gasteiger partial charge in [-0.05, 0) is 30.9 Å². The minimum Gasteiger partial charge on any atom is -0.341 e. The number of rotatable bonds is 4. The molecule has 5 nitrogen and oxygen atoms in total. The van der Waals surface area contributed by atoms with E-state index in [2.05, 4.69) is 0 Å². The van der Waals surface area contributed by atoms with E-state index in [0.29, 0.717) is 12.5 Å². The molecule has 1 saturated carbocycles. The highest BCUT2D eigenvalue weighted by Gasteiger charge is 2.28. The molecule has 0 aliphatic heterocycles. The average Bonchev–Trinajstić information content (AvgIpc) is 2.31. The first kappa shape index (κ1) is 13.8. The Balaban J connectivity index is 2.22. The lowest BCUT2D eigenvalue weighted by Gasteiger charge is -2.30. The Labute approximate surface area is 116 Å². The van der Waals surface area contributed by atoms with Crippen LogP contribution in [0.2, 0.25) is 5.02 Å². The summed E-state index contributed by atoms with van der Waals surface area (Å²) >= 11 is 5.80. The number of carbonyl (C=O) groups is 1. The molecule has 1 fully saturated rings. The van der Waals surface area contributed by atoms with E-state index in [4.69, 9.17) is 11.6 Å². The molecule has 0 unspecified atom stereocenters. The van der Waals surface area contributed by atoms with Crippen molar-refractivity contribution in [2.75, 3.05) is 13.6 Å². The van der Waals surface area contributed by atoms with E-state index in [1.165, 1.54) is 18.6 Å². The number of halogens is 1. The average molecular weight is 283 g/mol. The quantitative estimate of drug-likeness (QED) is 0.629. The number of hydrogen-bond acceptors (Lipinski definition) is 3. The van der Waals surface area contributed by atoms with Gasteiger partial charge in [0.2, 0.25) is 0 Å². The van der Waals surface area contributed by atoms with E-state index in [9.17, 15) is 14.9 Å². The molecule has 2 rings (SSSR count). The minimum absolute atomic E-state index is 0.00658. The van der Waals surface area contributed by atoms with E-state index >= 15 is 0 Å². The number of nitro groups is 1. The van der Waals surface area contributed by atoms with Gasteiger partial charge in [0.15, 0.2) is 0 Å². The van der Waals surface area contributed by atoms with Crippen LogP contribution in [0.15, 0.2) is 18.2 Å². The van der Waals surface area contributed by atoms with Gasteiger partial charge in [-0.3, -0.25) is 14.9 Å². The van der Waals surface area contributed by atoms with E-state index in [0.717, 1.165) is 12.8 Å². The van der Waals surface area contributed by atoms with Gasteiger partial charge < -0.3 is 4.90 Å². The molecule has 102 valence electrons. The summed E-state index contributed by atoms with van der Waals surface area (Å²) in [6.07, 6.45) is 3.44. The van der Waals surface area contributed by atoms with Crippen molar-refractivity contribution in [1.82, 2.24) is 4.90 Å². The van der Waals surface area contributed by atoms with Gasteiger partial charge in [0.25, 0.3) is 5.91 Å². The second kappa shape index (κ2) is 5.57. The maximum Gasteiger partial charge on any atom is 0.300 e. The minimum atomic E-state index is -0.604. The third kappa shape index (κ3) is 2.87. The lowest BCUT2D eigenvalue weighted by Crippen LogP contribution is -2.34. The molecule has 1 aromatic carbocycles. The topological polar surface area (TPSA) is 63.5 Å². The van der Waals surface area contributed by atoms with Crippen LogP contribution in [-0.4, -0.2) is 29.3 Å². The number of para-hydroxylation sites is 1. The Bertz CT molecular complexity index is 515. The Kier molecular flexibility index (Phi) is 4.04. The van der Waals surface area contributed by atoms with Crippen LogP contribution in [0.5, 0.6) is 0 Å². The van der Waals surface area contributed by atoms with Crippen LogP contribution in [0.25, 0.3) is 0 Å². The predicted octanol–water partition coefficient (Wildman–Crippen LogP) is 3.12. The normalized spacial score (nSPS) is 14.8. The fourth-order valence-electron chi connectivity index (χ4n) is 2.22. The molecule has 0 atom stereocenters. The summed E-state index contributed by atoms with van der Waals surface area (Å²) in [6.45, 7) is 0.641. The standard InChI is InChI=1S/C13H15ClN2O3/c1-15(8-9-4-2-5-9)13(17)10-6-3-7-11(14)12(10)16(18)19/h3,6-7,9H,2,4-5,8H2,1H3. The molecule has 1 amide bonds. The van der Waals surface area contributed by atoms with Crippen molar-refractivity contribution in [1.29, 1.82) is 0 Å². The van der Waals surface area contributed by atoms with Gasteiger partial charge in [0, 0.05) is 13.6 Å². The molecule has 0 N–H and O–H groups in total. The van der Waals surface area contributed by atoms with Crippen molar-refractivity contribution < 1.29 is 9.72 Å². The Morgan fingerprint density at radius 2 is 2.21 bits per heavy atom. The first-order valence-electron chi connectivity index (χ1n) is 6.19. The Morgan fingerprint density at radius 3 is 2.74 bits per heavy atom. The zero-order valence-corrected chi connectivity index (χ0v) is 11.4. The van der Waals surface area contributed by atoms with Gasteiger partial charge in [-0.25, -0.2) is 0 Å². The van der Waals surface area contributed by atoms with E-state index in [1.54, 1.807) is 18.0 Å². The van der Waals surface area contributed by atoms with Gasteiger partial charge in [-0.1, -0.05) is 24.1 Å². The van der Waals surface area contributed by atoms with Crippen LogP contribution < -0.4 is 0 Å². The van der Waals surface area contributed by atoms with Gasteiger partial charge in [0.1, 0.15) is 10.6 Å². The van der Waals surface area contributed by atoms with Crippen molar-refractivity contribution >= 4 is 23.2 Å². The van der Waals surface area contributed by atoms with Crippen molar-refractivity contribution in [3.63, 3.8) is 0 Å². The molecule has 0 radical (unpaired) electrons. The molecule has 1 aromatic rings. The molecule has 0 saturated heterocycles. The van der Waals surface area contributed by atoms with E-state index in [1.807, 2.05) is 0 Å². The first-order chi connectivity index (χ1) is 9.00. The van der Waals surface area contributed by atoms with Gasteiger partial charge in [-0.2, -0.15) is 0 Å². The molecule has 0 heterocycles. The number of hydrogen-bond donors (Lipinski definition) is 0. The molecule has 0 bridgehead atoms. The molecular weight excluding hydrogens is 268 g/mol. The number of benzene rings is 1. The van der Waals surface area contributed by atoms with Crippen LogP contribution in [0.4, 0.5) is 5.69 Å². The van der Waals surface area contributed by atoms with Crippen LogP contribution in [0.3, 0.4) is 0 Å². The fourth-order valence-corrected chi connectivity index (χ4v) is 2.47. The number of nitrogens with zero attached hydrogens (tertiary/aromatic N) is 2. The summed E-state index contributed by atoms with van der Waals surface area (Å²) in [5.41, 5.74) is -0.256. The molecule has 6 heteroatoms. The number of amides is 1. The predicted molar refractivity (Wildman–Crippen MR) is 72.4 cm³/mol. The van der Waals surface area contributed by atoms with Gasteiger partial charge in [0.05, 0.1) is 4.92 Å². The number of carbonyl (C=O) groups excluding carboxylic acids is 1. The van der Waals surface area contributed by atoms with Crippen molar-refractivity contribution in [3.8, 4) is 0 Å². The number of nitro benzene ring substituents is 1. The maximum atomic E-state index is 12.3. The zero-order chi connectivity index (χ0) is 14.0. The lowest BCUT2D eigenvalue weighted by atomic mass is 9.85. The largest absolute Gasteiger partial charge is 0.341 e. The molecule has 0 aromatic heterocycles. The third-order valence-electron chi connectivity index (χ3n) is 3.50. The smallest absolute Gasteiger partial charge is 0.300 e. The Hall–Kier alpha value is -1.62. The van der Waals surface area contributed by atoms with Crippen LogP contribution in [-0.2, 0) is 0 Å². The summed E-state index contributed by atoms with van der Waals surface area (Å²) in [4.78, 5) is 24.2. The Morgan fingerprint density at radius 1 is 1.53 bits per heavy atom. The lowest BCUT2D eigenvalue weighted by molar-refractivity contribution is -0.385. The molecule has 19 heavy (non-hydrogen) atoms. The van der Waals surface area contributed by atoms with Gasteiger partial charge >= 0.3 is 5.69 Å². The summed E-state index contributed by atoms with van der Waals surface area (Å²) < 4.78 is 0. The van der Waals surface area contributed by atoms with Crippen molar-refractivity contribution in [2.24, 2.45) is 5.92 Å². The highest BCUT2D eigenvalue weighted by atomic mass is 35.5. The van der Waals surface area contributed by atoms with Gasteiger partial charge in [-0.15, -0.1) is 0 Å². The van der Waals surface area contributed by atoms with E-state index in [-0.39, 0.29) is 22.2 Å². The highest BCUT2D eigenvalue weighted by Crippen LogP contribution is 2.30. The van der Waals surface area contributed by atoms with Crippen molar-refractivity contribution in [2.45, 2.75) is 19.3 Å². The molecule has 1 aliphatic rings. The second-order valence-corrected chi connectivity index (χ2v) is 5.28. The zero-order valence-electron chi connectivity index (χ0n) is 10.6.